The predicted octanol–water partition coefficient (Wildman–Crippen LogP) is 2.57. The SMILES string of the molecule is NC(N)=N/C(=C(\N)c1cc(F)c2ncccc2c1)c1ccccc1F. The van der Waals surface area contributed by atoms with Gasteiger partial charge in [0.25, 0.3) is 0 Å². The van der Waals surface area contributed by atoms with Crippen molar-refractivity contribution < 1.29 is 8.78 Å². The minimum absolute atomic E-state index is 0.0285. The van der Waals surface area contributed by atoms with Gasteiger partial charge in [-0.25, -0.2) is 13.8 Å². The van der Waals surface area contributed by atoms with Crippen LogP contribution in [0.2, 0.25) is 0 Å². The molecule has 0 amide bonds. The largest absolute Gasteiger partial charge is 0.396 e. The molecule has 0 unspecified atom stereocenters. The van der Waals surface area contributed by atoms with E-state index in [-0.39, 0.29) is 28.4 Å². The Kier molecular flexibility index (Phi) is 4.30. The van der Waals surface area contributed by atoms with Gasteiger partial charge in [-0.15, -0.1) is 0 Å². The van der Waals surface area contributed by atoms with Crippen LogP contribution < -0.4 is 17.2 Å². The molecule has 3 aromatic rings. The lowest BCUT2D eigenvalue weighted by molar-refractivity contribution is 0.624. The fourth-order valence-corrected chi connectivity index (χ4v) is 2.49. The maximum absolute atomic E-state index is 14.3. The van der Waals surface area contributed by atoms with Crippen LogP contribution in [0.3, 0.4) is 0 Å². The number of hydrogen-bond acceptors (Lipinski definition) is 3. The fourth-order valence-electron chi connectivity index (χ4n) is 2.49. The number of nitrogens with zero attached hydrogens (tertiary/aromatic N) is 2. The summed E-state index contributed by atoms with van der Waals surface area (Å²) < 4.78 is 28.5. The van der Waals surface area contributed by atoms with Gasteiger partial charge >= 0.3 is 0 Å². The molecule has 0 saturated carbocycles. The Labute approximate surface area is 142 Å². The van der Waals surface area contributed by atoms with Crippen LogP contribution in [-0.2, 0) is 0 Å². The number of guanidine groups is 1. The molecule has 1 heterocycles. The molecule has 126 valence electrons. The van der Waals surface area contributed by atoms with Crippen molar-refractivity contribution in [2.24, 2.45) is 22.2 Å². The zero-order valence-corrected chi connectivity index (χ0v) is 13.1. The molecule has 0 aliphatic carbocycles. The molecule has 0 radical (unpaired) electrons. The standard InChI is InChI=1S/C18H15F2N5/c19-13-6-2-1-5-12(13)17(25-18(22)23)15(21)11-8-10-4-3-7-24-16(10)14(20)9-11/h1-9H,21H2,(H4,22,23,25)/b17-15-. The van der Waals surface area contributed by atoms with Crippen LogP contribution in [0.25, 0.3) is 22.3 Å². The van der Waals surface area contributed by atoms with Crippen molar-refractivity contribution in [3.8, 4) is 0 Å². The van der Waals surface area contributed by atoms with E-state index < -0.39 is 11.6 Å². The molecule has 0 spiro atoms. The average Bonchev–Trinajstić information content (AvgIpc) is 2.59. The highest BCUT2D eigenvalue weighted by atomic mass is 19.1. The molecular weight excluding hydrogens is 324 g/mol. The molecule has 0 saturated heterocycles. The number of aromatic nitrogens is 1. The van der Waals surface area contributed by atoms with Gasteiger partial charge < -0.3 is 17.2 Å². The van der Waals surface area contributed by atoms with Crippen LogP contribution in [0.1, 0.15) is 11.1 Å². The van der Waals surface area contributed by atoms with Crippen LogP contribution in [0, 0.1) is 11.6 Å². The quantitative estimate of drug-likeness (QED) is 0.387. The molecule has 2 aromatic carbocycles. The smallest absolute Gasteiger partial charge is 0.191 e. The first kappa shape index (κ1) is 16.4. The minimum atomic E-state index is -0.548. The second-order valence-corrected chi connectivity index (χ2v) is 5.31. The van der Waals surface area contributed by atoms with Crippen LogP contribution in [0.5, 0.6) is 0 Å². The van der Waals surface area contributed by atoms with Crippen LogP contribution in [0.15, 0.2) is 59.7 Å². The van der Waals surface area contributed by atoms with Crippen molar-refractivity contribution in [2.75, 3.05) is 0 Å². The van der Waals surface area contributed by atoms with Gasteiger partial charge in [0.2, 0.25) is 0 Å². The Balaban J connectivity index is 2.28. The minimum Gasteiger partial charge on any atom is -0.396 e. The first-order valence-corrected chi connectivity index (χ1v) is 7.36. The van der Waals surface area contributed by atoms with E-state index in [4.69, 9.17) is 17.2 Å². The van der Waals surface area contributed by atoms with Gasteiger partial charge in [-0.1, -0.05) is 18.2 Å². The highest BCUT2D eigenvalue weighted by Crippen LogP contribution is 2.28. The Morgan fingerprint density at radius 1 is 0.920 bits per heavy atom. The lowest BCUT2D eigenvalue weighted by Gasteiger charge is -2.11. The van der Waals surface area contributed by atoms with E-state index in [2.05, 4.69) is 9.98 Å². The molecule has 0 aliphatic heterocycles. The van der Waals surface area contributed by atoms with Gasteiger partial charge in [0.05, 0.1) is 5.70 Å². The van der Waals surface area contributed by atoms with Crippen molar-refractivity contribution in [2.45, 2.75) is 0 Å². The van der Waals surface area contributed by atoms with Crippen molar-refractivity contribution in [1.82, 2.24) is 4.98 Å². The molecule has 0 atom stereocenters. The number of pyridine rings is 1. The Morgan fingerprint density at radius 3 is 2.40 bits per heavy atom. The molecule has 1 aromatic heterocycles. The number of benzene rings is 2. The van der Waals surface area contributed by atoms with Crippen LogP contribution >= 0.6 is 0 Å². The van der Waals surface area contributed by atoms with Gasteiger partial charge in [-0.3, -0.25) is 4.98 Å². The first-order valence-electron chi connectivity index (χ1n) is 7.36. The molecule has 0 aliphatic rings. The summed E-state index contributed by atoms with van der Waals surface area (Å²) in [5, 5.41) is 0.554. The van der Waals surface area contributed by atoms with E-state index in [0.29, 0.717) is 10.9 Å². The van der Waals surface area contributed by atoms with E-state index in [9.17, 15) is 8.78 Å². The van der Waals surface area contributed by atoms with Gasteiger partial charge in [-0.05, 0) is 30.3 Å². The maximum Gasteiger partial charge on any atom is 0.191 e. The lowest BCUT2D eigenvalue weighted by Crippen LogP contribution is -2.23. The summed E-state index contributed by atoms with van der Waals surface area (Å²) in [5.74, 6) is -1.38. The summed E-state index contributed by atoms with van der Waals surface area (Å²) in [6.07, 6.45) is 1.49. The number of hydrogen-bond donors (Lipinski definition) is 3. The van der Waals surface area contributed by atoms with E-state index in [1.165, 1.54) is 30.5 Å². The van der Waals surface area contributed by atoms with E-state index >= 15 is 0 Å². The molecule has 0 bridgehead atoms. The molecule has 25 heavy (non-hydrogen) atoms. The Bertz CT molecular complexity index is 1010. The average molecular weight is 339 g/mol. The number of rotatable bonds is 3. The van der Waals surface area contributed by atoms with Gasteiger partial charge in [-0.2, -0.15) is 0 Å². The van der Waals surface area contributed by atoms with E-state index in [1.807, 2.05) is 0 Å². The summed E-state index contributed by atoms with van der Waals surface area (Å²) in [6, 6.07) is 12.1. The zero-order valence-electron chi connectivity index (χ0n) is 13.1. The second kappa shape index (κ2) is 6.56. The zero-order chi connectivity index (χ0) is 18.0. The highest BCUT2D eigenvalue weighted by molar-refractivity contribution is 5.96. The number of halogens is 2. The maximum atomic E-state index is 14.3. The van der Waals surface area contributed by atoms with Crippen molar-refractivity contribution in [1.29, 1.82) is 0 Å². The van der Waals surface area contributed by atoms with Crippen LogP contribution in [-0.4, -0.2) is 10.9 Å². The summed E-state index contributed by atoms with van der Waals surface area (Å²) in [5.41, 5.74) is 17.8. The molecular formula is C18H15F2N5. The molecule has 6 N–H and O–H groups in total. The molecule has 5 nitrogen and oxygen atoms in total. The number of fused-ring (bicyclic) bond motifs is 1. The topological polar surface area (TPSA) is 103 Å². The van der Waals surface area contributed by atoms with E-state index in [1.54, 1.807) is 24.3 Å². The van der Waals surface area contributed by atoms with Crippen molar-refractivity contribution in [3.05, 3.63) is 77.5 Å². The third-order valence-corrected chi connectivity index (χ3v) is 3.59. The van der Waals surface area contributed by atoms with Gasteiger partial charge in [0.15, 0.2) is 5.96 Å². The van der Waals surface area contributed by atoms with E-state index in [0.717, 1.165) is 0 Å². The van der Waals surface area contributed by atoms with Gasteiger partial charge in [0, 0.05) is 22.7 Å². The molecule has 3 rings (SSSR count). The fraction of sp³-hybridized carbons (Fsp3) is 0. The normalized spacial score (nSPS) is 11.9. The summed E-state index contributed by atoms with van der Waals surface area (Å²) in [4.78, 5) is 7.93. The first-order chi connectivity index (χ1) is 12.0. The molecule has 7 heteroatoms. The summed E-state index contributed by atoms with van der Waals surface area (Å²) in [6.45, 7) is 0. The monoisotopic (exact) mass is 339 g/mol. The summed E-state index contributed by atoms with van der Waals surface area (Å²) in [7, 11) is 0. The third-order valence-electron chi connectivity index (χ3n) is 3.59. The van der Waals surface area contributed by atoms with Crippen molar-refractivity contribution in [3.63, 3.8) is 0 Å². The molecule has 0 fully saturated rings. The number of aliphatic imine (C=N–C) groups is 1. The lowest BCUT2D eigenvalue weighted by atomic mass is 10.0. The Hall–Kier alpha value is -3.48. The van der Waals surface area contributed by atoms with Crippen LogP contribution in [0.4, 0.5) is 8.78 Å². The summed E-state index contributed by atoms with van der Waals surface area (Å²) >= 11 is 0. The third kappa shape index (κ3) is 3.25. The highest BCUT2D eigenvalue weighted by Gasteiger charge is 2.15. The Morgan fingerprint density at radius 2 is 1.68 bits per heavy atom. The van der Waals surface area contributed by atoms with Crippen molar-refractivity contribution >= 4 is 28.3 Å². The predicted molar refractivity (Wildman–Crippen MR) is 94.9 cm³/mol. The van der Waals surface area contributed by atoms with Gasteiger partial charge in [0.1, 0.15) is 22.8 Å². The number of nitrogens with two attached hydrogens (primary N) is 3. The second-order valence-electron chi connectivity index (χ2n) is 5.31.